The summed E-state index contributed by atoms with van der Waals surface area (Å²) in [4.78, 5) is 24.3. The van der Waals surface area contributed by atoms with Gasteiger partial charge in [0.2, 0.25) is 20.0 Å². The second-order valence-electron chi connectivity index (χ2n) is 7.29. The number of carbonyl (C=O) groups excluding carboxylic acids is 2. The largest absolute Gasteiger partial charge is 0.452 e. The van der Waals surface area contributed by atoms with Crippen LogP contribution in [0.4, 0.5) is 5.69 Å². The molecule has 0 aliphatic carbocycles. The summed E-state index contributed by atoms with van der Waals surface area (Å²) in [5.74, 6) is -1.58. The van der Waals surface area contributed by atoms with Crippen molar-refractivity contribution in [1.29, 1.82) is 0 Å². The Kier molecular flexibility index (Phi) is 6.98. The molecule has 1 aliphatic heterocycles. The van der Waals surface area contributed by atoms with E-state index in [4.69, 9.17) is 9.88 Å². The van der Waals surface area contributed by atoms with Gasteiger partial charge in [0.05, 0.1) is 15.4 Å². The summed E-state index contributed by atoms with van der Waals surface area (Å²) in [5, 5.41) is 7.56. The van der Waals surface area contributed by atoms with Crippen LogP contribution in [0.2, 0.25) is 0 Å². The maximum absolute atomic E-state index is 12.7. The number of benzene rings is 2. The van der Waals surface area contributed by atoms with Crippen LogP contribution < -0.4 is 10.5 Å². The number of primary sulfonamides is 1. The second kappa shape index (κ2) is 9.36. The zero-order chi connectivity index (χ0) is 23.5. The molecule has 3 rings (SSSR count). The van der Waals surface area contributed by atoms with E-state index in [1.54, 1.807) is 6.92 Å². The maximum atomic E-state index is 12.7. The molecule has 0 unspecified atom stereocenters. The molecule has 2 aromatic rings. The molecule has 1 heterocycles. The van der Waals surface area contributed by atoms with Crippen molar-refractivity contribution in [3.05, 3.63) is 53.6 Å². The van der Waals surface area contributed by atoms with Gasteiger partial charge in [-0.05, 0) is 55.7 Å². The normalized spacial score (nSPS) is 14.8. The van der Waals surface area contributed by atoms with Crippen molar-refractivity contribution in [3.63, 3.8) is 0 Å². The molecule has 0 saturated carbocycles. The van der Waals surface area contributed by atoms with Gasteiger partial charge in [-0.15, -0.1) is 0 Å². The van der Waals surface area contributed by atoms with Gasteiger partial charge in [0.15, 0.2) is 6.61 Å². The van der Waals surface area contributed by atoms with Crippen LogP contribution in [0.3, 0.4) is 0 Å². The van der Waals surface area contributed by atoms with Crippen molar-refractivity contribution in [3.8, 4) is 0 Å². The fourth-order valence-electron chi connectivity index (χ4n) is 3.22. The number of anilines is 1. The third-order valence-corrected chi connectivity index (χ3v) is 7.72. The molecule has 1 saturated heterocycles. The van der Waals surface area contributed by atoms with E-state index in [0.717, 1.165) is 18.9 Å². The Labute approximate surface area is 186 Å². The molecule has 0 aromatic heterocycles. The molecule has 1 aliphatic rings. The summed E-state index contributed by atoms with van der Waals surface area (Å²) in [6, 6.07) is 9.56. The third kappa shape index (κ3) is 5.51. The Bertz CT molecular complexity index is 1250. The van der Waals surface area contributed by atoms with Crippen molar-refractivity contribution in [2.75, 3.05) is 25.0 Å². The van der Waals surface area contributed by atoms with Crippen LogP contribution in [-0.4, -0.2) is 52.7 Å². The number of rotatable bonds is 7. The lowest BCUT2D eigenvalue weighted by Crippen LogP contribution is -2.28. The molecule has 12 heteroatoms. The van der Waals surface area contributed by atoms with Crippen LogP contribution in [0, 0.1) is 6.92 Å². The average molecular weight is 482 g/mol. The van der Waals surface area contributed by atoms with Crippen LogP contribution in [0.25, 0.3) is 0 Å². The van der Waals surface area contributed by atoms with E-state index < -0.39 is 38.5 Å². The van der Waals surface area contributed by atoms with Gasteiger partial charge < -0.3 is 10.1 Å². The minimum atomic E-state index is -4.01. The number of nitrogens with zero attached hydrogens (tertiary/aromatic N) is 1. The maximum Gasteiger partial charge on any atom is 0.338 e. The Morgan fingerprint density at radius 2 is 1.72 bits per heavy atom. The predicted octanol–water partition coefficient (Wildman–Crippen LogP) is 1.22. The number of ether oxygens (including phenoxy) is 1. The zero-order valence-electron chi connectivity index (χ0n) is 17.3. The number of nitrogens with one attached hydrogen (secondary N) is 1. The number of amides is 1. The van der Waals surface area contributed by atoms with Crippen molar-refractivity contribution >= 4 is 37.6 Å². The molecule has 0 bridgehead atoms. The number of sulfonamides is 2. The molecular weight excluding hydrogens is 458 g/mol. The van der Waals surface area contributed by atoms with Crippen LogP contribution in [0.5, 0.6) is 0 Å². The monoisotopic (exact) mass is 481 g/mol. The number of nitrogens with two attached hydrogens (primary N) is 1. The van der Waals surface area contributed by atoms with E-state index >= 15 is 0 Å². The highest BCUT2D eigenvalue weighted by Gasteiger charge is 2.27. The molecule has 10 nitrogen and oxygen atoms in total. The van der Waals surface area contributed by atoms with Gasteiger partial charge in [0.25, 0.3) is 5.91 Å². The summed E-state index contributed by atoms with van der Waals surface area (Å²) in [6.07, 6.45) is 1.61. The number of carbonyl (C=O) groups is 2. The van der Waals surface area contributed by atoms with E-state index in [1.807, 2.05) is 0 Å². The van der Waals surface area contributed by atoms with Gasteiger partial charge in [-0.2, -0.15) is 4.31 Å². The van der Waals surface area contributed by atoms with E-state index in [2.05, 4.69) is 5.32 Å². The predicted molar refractivity (Wildman–Crippen MR) is 116 cm³/mol. The minimum Gasteiger partial charge on any atom is -0.452 e. The van der Waals surface area contributed by atoms with Crippen molar-refractivity contribution in [2.24, 2.45) is 5.14 Å². The Morgan fingerprint density at radius 1 is 1.03 bits per heavy atom. The molecule has 3 N–H and O–H groups in total. The fraction of sp³-hybridized carbons (Fsp3) is 0.300. The van der Waals surface area contributed by atoms with Crippen LogP contribution in [0.15, 0.2) is 52.3 Å². The number of aryl methyl sites for hydroxylation is 1. The highest BCUT2D eigenvalue weighted by molar-refractivity contribution is 7.89. The first kappa shape index (κ1) is 23.9. The Hall–Kier alpha value is -2.80. The first-order valence-corrected chi connectivity index (χ1v) is 12.7. The molecule has 0 atom stereocenters. The molecule has 172 valence electrons. The van der Waals surface area contributed by atoms with E-state index in [0.29, 0.717) is 18.7 Å². The van der Waals surface area contributed by atoms with E-state index in [-0.39, 0.29) is 21.0 Å². The number of hydrogen-bond donors (Lipinski definition) is 2. The third-order valence-electron chi connectivity index (χ3n) is 4.91. The standard InChI is InChI=1S/C20H23N3O7S2/c1-14-7-8-16(31(21,26)27)12-18(14)20(25)30-13-19(24)22-15-5-4-6-17(11-15)32(28,29)23-9-2-3-10-23/h4-8,11-12H,2-3,9-10,13H2,1H3,(H,22,24)(H2,21,26,27). The van der Waals surface area contributed by atoms with Gasteiger partial charge in [-0.25, -0.2) is 26.8 Å². The molecular formula is C20H23N3O7S2. The molecule has 1 fully saturated rings. The van der Waals surface area contributed by atoms with Gasteiger partial charge in [0.1, 0.15) is 0 Å². The summed E-state index contributed by atoms with van der Waals surface area (Å²) in [6.45, 7) is 1.85. The first-order chi connectivity index (χ1) is 15.0. The molecule has 0 radical (unpaired) electrons. The number of esters is 1. The molecule has 0 spiro atoms. The highest BCUT2D eigenvalue weighted by Crippen LogP contribution is 2.23. The van der Waals surface area contributed by atoms with Crippen LogP contribution >= 0.6 is 0 Å². The van der Waals surface area contributed by atoms with Gasteiger partial charge in [0, 0.05) is 18.8 Å². The lowest BCUT2D eigenvalue weighted by Gasteiger charge is -2.16. The van der Waals surface area contributed by atoms with E-state index in [1.165, 1.54) is 40.7 Å². The summed E-state index contributed by atoms with van der Waals surface area (Å²) in [5.41, 5.74) is 0.643. The molecule has 2 aromatic carbocycles. The lowest BCUT2D eigenvalue weighted by molar-refractivity contribution is -0.119. The quantitative estimate of drug-likeness (QED) is 0.564. The van der Waals surface area contributed by atoms with Gasteiger partial charge in [-0.3, -0.25) is 4.79 Å². The van der Waals surface area contributed by atoms with Gasteiger partial charge in [-0.1, -0.05) is 12.1 Å². The van der Waals surface area contributed by atoms with Crippen molar-refractivity contribution in [2.45, 2.75) is 29.6 Å². The minimum absolute atomic E-state index is 0.0389. The molecule has 32 heavy (non-hydrogen) atoms. The second-order valence-corrected chi connectivity index (χ2v) is 10.8. The Morgan fingerprint density at radius 3 is 2.38 bits per heavy atom. The average Bonchev–Trinajstić information content (AvgIpc) is 3.27. The fourth-order valence-corrected chi connectivity index (χ4v) is 5.32. The highest BCUT2D eigenvalue weighted by atomic mass is 32.2. The van der Waals surface area contributed by atoms with Crippen molar-refractivity contribution in [1.82, 2.24) is 4.31 Å². The van der Waals surface area contributed by atoms with Crippen LogP contribution in [-0.2, 0) is 29.6 Å². The zero-order valence-corrected chi connectivity index (χ0v) is 18.9. The van der Waals surface area contributed by atoms with Crippen molar-refractivity contribution < 1.29 is 31.2 Å². The first-order valence-electron chi connectivity index (χ1n) is 9.69. The molecule has 1 amide bonds. The smallest absolute Gasteiger partial charge is 0.338 e. The van der Waals surface area contributed by atoms with E-state index in [9.17, 15) is 26.4 Å². The SMILES string of the molecule is Cc1ccc(S(N)(=O)=O)cc1C(=O)OCC(=O)Nc1cccc(S(=O)(=O)N2CCCC2)c1. The van der Waals surface area contributed by atoms with Gasteiger partial charge >= 0.3 is 5.97 Å². The summed E-state index contributed by atoms with van der Waals surface area (Å²) >= 11 is 0. The topological polar surface area (TPSA) is 153 Å². The lowest BCUT2D eigenvalue weighted by atomic mass is 10.1. The van der Waals surface area contributed by atoms with Crippen LogP contribution in [0.1, 0.15) is 28.8 Å². The Balaban J connectivity index is 1.65. The number of hydrogen-bond acceptors (Lipinski definition) is 7. The summed E-state index contributed by atoms with van der Waals surface area (Å²) in [7, 11) is -7.65. The summed E-state index contributed by atoms with van der Waals surface area (Å²) < 4.78 is 54.7.